The molecule has 0 aliphatic rings. The van der Waals surface area contributed by atoms with Crippen LogP contribution in [0.1, 0.15) is 44.1 Å². The number of H-pyrrole nitrogens is 1. The monoisotopic (exact) mass is 677 g/mol. The van der Waals surface area contributed by atoms with Gasteiger partial charge in [0.2, 0.25) is 0 Å². The first-order valence-electron chi connectivity index (χ1n) is 15.8. The van der Waals surface area contributed by atoms with Gasteiger partial charge < -0.3 is 20.6 Å². The maximum atomic E-state index is 11.8. The molecule has 0 atom stereocenters. The third-order valence-corrected chi connectivity index (χ3v) is 7.77. The molecule has 6 N–H and O–H groups in total. The van der Waals surface area contributed by atoms with E-state index in [-0.39, 0.29) is 18.8 Å². The minimum Gasteiger partial charge on any atom is -0.478 e. The lowest BCUT2D eigenvalue weighted by atomic mass is 9.97. The van der Waals surface area contributed by atoms with E-state index in [0.29, 0.717) is 17.7 Å². The second kappa shape index (κ2) is 18.1. The maximum Gasteiger partial charge on any atom is 0.335 e. The molecule has 0 spiro atoms. The van der Waals surface area contributed by atoms with Crippen LogP contribution in [0.2, 0.25) is 0 Å². The average Bonchev–Trinajstić information content (AvgIpc) is 3.56. The third kappa shape index (κ3) is 9.88. The summed E-state index contributed by atoms with van der Waals surface area (Å²) in [6.07, 6.45) is 0.477. The van der Waals surface area contributed by atoms with Crippen LogP contribution >= 0.6 is 0 Å². The SMILES string of the molecule is C.NNc1ccc(C(=O)O)cc1.O=C(Cc1ccccc1)c1ccccc1.O=C(O)c1ccc2[nH]c(-c3ccccc3)c(-c3ccccc3)c2c1. The zero-order valence-electron chi connectivity index (χ0n) is 27.0. The van der Waals surface area contributed by atoms with E-state index in [1.165, 1.54) is 12.1 Å². The number of hydrazine groups is 1. The van der Waals surface area contributed by atoms with Crippen LogP contribution < -0.4 is 11.3 Å². The first-order chi connectivity index (χ1) is 24.3. The molecule has 0 unspecified atom stereocenters. The molecule has 1 heterocycles. The zero-order chi connectivity index (χ0) is 35.3. The number of carbonyl (C=O) groups is 3. The summed E-state index contributed by atoms with van der Waals surface area (Å²) in [6.45, 7) is 0. The molecule has 7 rings (SSSR count). The van der Waals surface area contributed by atoms with E-state index in [1.807, 2.05) is 115 Å². The summed E-state index contributed by atoms with van der Waals surface area (Å²) in [6, 6.07) is 50.7. The number of nitrogens with two attached hydrogens (primary N) is 1. The van der Waals surface area contributed by atoms with Crippen molar-refractivity contribution in [2.24, 2.45) is 5.84 Å². The number of anilines is 1. The maximum absolute atomic E-state index is 11.8. The highest BCUT2D eigenvalue weighted by Gasteiger charge is 2.16. The highest BCUT2D eigenvalue weighted by Crippen LogP contribution is 2.38. The van der Waals surface area contributed by atoms with Gasteiger partial charge in [-0.15, -0.1) is 0 Å². The Balaban J connectivity index is 0.000000186. The van der Waals surface area contributed by atoms with E-state index in [1.54, 1.807) is 24.3 Å². The second-order valence-corrected chi connectivity index (χ2v) is 11.2. The Hall–Kier alpha value is -6.77. The highest BCUT2D eigenvalue weighted by molar-refractivity contribution is 6.06. The Morgan fingerprint density at radius 1 is 0.569 bits per heavy atom. The highest BCUT2D eigenvalue weighted by atomic mass is 16.4. The smallest absolute Gasteiger partial charge is 0.335 e. The first-order valence-corrected chi connectivity index (χ1v) is 15.8. The van der Waals surface area contributed by atoms with Crippen LogP contribution in [-0.4, -0.2) is 32.9 Å². The van der Waals surface area contributed by atoms with E-state index in [4.69, 9.17) is 10.9 Å². The summed E-state index contributed by atoms with van der Waals surface area (Å²) in [4.78, 5) is 37.0. The Labute approximate surface area is 296 Å². The number of aromatic carboxylic acids is 2. The molecule has 51 heavy (non-hydrogen) atoms. The van der Waals surface area contributed by atoms with Crippen LogP contribution in [0.5, 0.6) is 0 Å². The zero-order valence-corrected chi connectivity index (χ0v) is 27.0. The molecule has 0 bridgehead atoms. The molecule has 0 aliphatic heterocycles. The molecule has 1 aromatic heterocycles. The number of nitrogen functional groups attached to an aromatic ring is 1. The average molecular weight is 678 g/mol. The molecular formula is C43H39N3O5. The number of fused-ring (bicyclic) bond motifs is 1. The van der Waals surface area contributed by atoms with Crippen LogP contribution in [0.25, 0.3) is 33.3 Å². The van der Waals surface area contributed by atoms with Gasteiger partial charge in [-0.3, -0.25) is 10.6 Å². The number of ketones is 1. The minimum atomic E-state index is -0.937. The van der Waals surface area contributed by atoms with Crippen LogP contribution in [0.4, 0.5) is 5.69 Å². The van der Waals surface area contributed by atoms with Crippen molar-refractivity contribution in [3.8, 4) is 22.4 Å². The van der Waals surface area contributed by atoms with Crippen LogP contribution in [0, 0.1) is 0 Å². The fourth-order valence-electron chi connectivity index (χ4n) is 5.27. The van der Waals surface area contributed by atoms with Crippen molar-refractivity contribution in [2.45, 2.75) is 13.8 Å². The summed E-state index contributed by atoms with van der Waals surface area (Å²) in [5, 5.41) is 18.7. The largest absolute Gasteiger partial charge is 0.478 e. The molecule has 0 amide bonds. The van der Waals surface area contributed by atoms with Crippen LogP contribution in [0.15, 0.2) is 164 Å². The quantitative estimate of drug-likeness (QED) is 0.0612. The summed E-state index contributed by atoms with van der Waals surface area (Å²) in [5.41, 5.74) is 10.6. The lowest BCUT2D eigenvalue weighted by Crippen LogP contribution is -2.06. The lowest BCUT2D eigenvalue weighted by Gasteiger charge is -2.06. The van der Waals surface area contributed by atoms with Crippen LogP contribution in [-0.2, 0) is 6.42 Å². The Morgan fingerprint density at radius 2 is 1.06 bits per heavy atom. The second-order valence-electron chi connectivity index (χ2n) is 11.2. The van der Waals surface area contributed by atoms with E-state index in [2.05, 4.69) is 22.5 Å². The van der Waals surface area contributed by atoms with E-state index in [0.717, 1.165) is 44.4 Å². The molecule has 256 valence electrons. The molecule has 0 aliphatic carbocycles. The number of carboxylic acid groups (broad SMARTS) is 2. The van der Waals surface area contributed by atoms with Gasteiger partial charge in [-0.1, -0.05) is 129 Å². The normalized spacial score (nSPS) is 9.98. The predicted octanol–water partition coefficient (Wildman–Crippen LogP) is 9.62. The fourth-order valence-corrected chi connectivity index (χ4v) is 5.27. The molecule has 0 saturated heterocycles. The van der Waals surface area contributed by atoms with Crippen molar-refractivity contribution in [3.63, 3.8) is 0 Å². The van der Waals surface area contributed by atoms with E-state index >= 15 is 0 Å². The number of hydrogen-bond acceptors (Lipinski definition) is 5. The van der Waals surface area contributed by atoms with Crippen molar-refractivity contribution in [3.05, 3.63) is 186 Å². The minimum absolute atomic E-state index is 0. The van der Waals surface area contributed by atoms with Crippen molar-refractivity contribution < 1.29 is 24.6 Å². The Kier molecular flexibility index (Phi) is 13.2. The number of rotatable bonds is 8. The number of Topliss-reactive ketones (excluding diaryl/α,β-unsaturated/α-hetero) is 1. The molecule has 0 radical (unpaired) electrons. The molecule has 0 saturated carbocycles. The summed E-state index contributed by atoms with van der Waals surface area (Å²) in [5.74, 6) is 3.39. The molecule has 8 nitrogen and oxygen atoms in total. The van der Waals surface area contributed by atoms with E-state index < -0.39 is 11.9 Å². The van der Waals surface area contributed by atoms with Gasteiger partial charge in [0.1, 0.15) is 0 Å². The van der Waals surface area contributed by atoms with Gasteiger partial charge in [0.05, 0.1) is 16.8 Å². The summed E-state index contributed by atoms with van der Waals surface area (Å²) >= 11 is 0. The number of aromatic amines is 1. The van der Waals surface area contributed by atoms with Gasteiger partial charge in [0, 0.05) is 34.1 Å². The molecule has 0 fully saturated rings. The lowest BCUT2D eigenvalue weighted by molar-refractivity contribution is 0.0686. The van der Waals surface area contributed by atoms with Crippen molar-refractivity contribution in [1.82, 2.24) is 4.98 Å². The summed E-state index contributed by atoms with van der Waals surface area (Å²) in [7, 11) is 0. The number of benzene rings is 6. The number of aromatic nitrogens is 1. The predicted molar refractivity (Wildman–Crippen MR) is 205 cm³/mol. The van der Waals surface area contributed by atoms with Gasteiger partial charge in [0.15, 0.2) is 5.78 Å². The third-order valence-electron chi connectivity index (χ3n) is 7.77. The Morgan fingerprint density at radius 3 is 1.59 bits per heavy atom. The number of hydrogen-bond donors (Lipinski definition) is 5. The molecular weight excluding hydrogens is 638 g/mol. The molecule has 8 heteroatoms. The number of nitrogens with one attached hydrogen (secondary N) is 2. The first kappa shape index (κ1) is 37.1. The van der Waals surface area contributed by atoms with Crippen LogP contribution in [0.3, 0.4) is 0 Å². The van der Waals surface area contributed by atoms with Gasteiger partial charge >= 0.3 is 11.9 Å². The topological polar surface area (TPSA) is 146 Å². The standard InChI is InChI=1S/C21H15NO2.C14H12O.C7H8N2O2.CH4/c23-21(24)16-11-12-18-17(13-16)19(14-7-3-1-4-8-14)20(22-18)15-9-5-2-6-10-15;15-14(13-9-5-2-6-10-13)11-12-7-3-1-4-8-12;8-9-6-3-1-5(2-4-6)7(10)11;/h1-13,22H,(H,23,24);1-10H,11H2;1-4,9H,8H2,(H,10,11);1H4. The molecule has 6 aromatic carbocycles. The van der Waals surface area contributed by atoms with E-state index in [9.17, 15) is 19.5 Å². The number of carboxylic acids is 2. The van der Waals surface area contributed by atoms with Gasteiger partial charge in [0.25, 0.3) is 0 Å². The number of carbonyl (C=O) groups excluding carboxylic acids is 1. The Bertz CT molecular complexity index is 2170. The fraction of sp³-hybridized carbons (Fsp3) is 0.0465. The van der Waals surface area contributed by atoms with Gasteiger partial charge in [-0.05, 0) is 59.2 Å². The van der Waals surface area contributed by atoms with Crippen molar-refractivity contribution in [2.75, 3.05) is 5.43 Å². The van der Waals surface area contributed by atoms with Crippen molar-refractivity contribution in [1.29, 1.82) is 0 Å². The van der Waals surface area contributed by atoms with Gasteiger partial charge in [-0.2, -0.15) is 0 Å². The van der Waals surface area contributed by atoms with Gasteiger partial charge in [-0.25, -0.2) is 9.59 Å². The summed E-state index contributed by atoms with van der Waals surface area (Å²) < 4.78 is 0. The van der Waals surface area contributed by atoms with Crippen molar-refractivity contribution >= 4 is 34.3 Å². The molecule has 7 aromatic rings.